The minimum Gasteiger partial charge on any atom is -0.378 e. The molecule has 0 aromatic heterocycles. The number of nitrogens with zero attached hydrogens (tertiary/aromatic N) is 3. The van der Waals surface area contributed by atoms with Crippen LogP contribution in [0.1, 0.15) is 110 Å². The molecule has 0 spiro atoms. The standard InChI is InChI=1S/C45H61N3O17S4/c1-42(2,23-25-64-43(3,4)22-19-41(51)65-48-39(49)17-18-40(48)50)47-36-16-14-32(69(60,61)62)30-34(36)45(6,20-9-27-66(52)53)38(47)12-8-11-37-44(5,21-10-28-67(54,55)56)33-29-31(68(57,58)59)13-15-35(33)46(37)24-26-63-7/h8,11-16,29-30H,9-10,17-28H2,1-7H3,(H3-,52,53,54,55,56,57,58,59,60,61,62)/p+1. The van der Waals surface area contributed by atoms with E-state index in [2.05, 4.69) is 0 Å². The molecule has 24 heteroatoms. The van der Waals surface area contributed by atoms with Crippen molar-refractivity contribution < 1.29 is 80.9 Å². The van der Waals surface area contributed by atoms with Gasteiger partial charge in [0.15, 0.2) is 23.3 Å². The zero-order valence-corrected chi connectivity index (χ0v) is 42.9. The Morgan fingerprint density at radius 1 is 0.855 bits per heavy atom. The number of hydroxylamine groups is 2. The van der Waals surface area contributed by atoms with Crippen LogP contribution in [0, 0.1) is 0 Å². The summed E-state index contributed by atoms with van der Waals surface area (Å²) in [6.45, 7) is 11.7. The summed E-state index contributed by atoms with van der Waals surface area (Å²) in [4.78, 5) is 42.8. The fraction of sp³-hybridized carbons (Fsp3) is 0.556. The van der Waals surface area contributed by atoms with E-state index in [4.69, 9.17) is 14.3 Å². The summed E-state index contributed by atoms with van der Waals surface area (Å²) < 4.78 is 139. The largest absolute Gasteiger partial charge is 0.378 e. The Bertz CT molecular complexity index is 2790. The van der Waals surface area contributed by atoms with Gasteiger partial charge in [-0.2, -0.15) is 29.8 Å². The molecule has 3 aliphatic heterocycles. The second-order valence-corrected chi connectivity index (χ2v) is 24.4. The first-order chi connectivity index (χ1) is 31.8. The molecular formula is C45H62N3O17S4+. The average Bonchev–Trinajstić information content (AvgIpc) is 3.77. The van der Waals surface area contributed by atoms with Crippen molar-refractivity contribution in [3.8, 4) is 0 Å². The fourth-order valence-corrected chi connectivity index (χ4v) is 11.2. The van der Waals surface area contributed by atoms with Gasteiger partial charge in [-0.15, -0.1) is 5.06 Å². The van der Waals surface area contributed by atoms with E-state index < -0.39 is 86.9 Å². The molecule has 69 heavy (non-hydrogen) atoms. The van der Waals surface area contributed by atoms with Gasteiger partial charge >= 0.3 is 5.97 Å². The first-order valence-electron chi connectivity index (χ1n) is 22.1. The predicted molar refractivity (Wildman–Crippen MR) is 254 cm³/mol. The second-order valence-electron chi connectivity index (χ2n) is 19.0. The first kappa shape index (κ1) is 55.7. The van der Waals surface area contributed by atoms with Gasteiger partial charge in [-0.1, -0.05) is 6.08 Å². The lowest BCUT2D eigenvalue weighted by Gasteiger charge is -2.42. The summed E-state index contributed by atoms with van der Waals surface area (Å²) >= 11 is -2.16. The van der Waals surface area contributed by atoms with Crippen LogP contribution in [-0.2, 0) is 81.0 Å². The van der Waals surface area contributed by atoms with Crippen molar-refractivity contribution in [2.45, 2.75) is 131 Å². The molecule has 3 unspecified atom stereocenters. The minimum atomic E-state index is -4.70. The SMILES string of the molecule is COCC[N+]1=C(C=CC=C2N(C(C)(C)CCOC(C)(C)CCC(=O)ON3C(=O)CCC3=O)c3ccc(S(=O)(=O)O)cc3C2(C)CCCS(=O)O)C(C)(CCCS(=O)(=O)O)c2cc(S(=O)(=O)O)ccc21. The fourth-order valence-electron chi connectivity index (χ4n) is 9.24. The van der Waals surface area contributed by atoms with Crippen LogP contribution >= 0.6 is 0 Å². The Kier molecular flexibility index (Phi) is 17.1. The highest BCUT2D eigenvalue weighted by molar-refractivity contribution is 7.86. The first-order valence-corrected chi connectivity index (χ1v) is 27.9. The van der Waals surface area contributed by atoms with Gasteiger partial charge in [-0.25, -0.2) is 9.00 Å². The molecule has 2 aromatic carbocycles. The summed E-state index contributed by atoms with van der Waals surface area (Å²) in [6.07, 6.45) is 6.09. The number of rotatable bonds is 24. The molecule has 3 aliphatic rings. The average molecular weight is 1050 g/mol. The van der Waals surface area contributed by atoms with Crippen molar-refractivity contribution in [2.24, 2.45) is 0 Å². The summed E-state index contributed by atoms with van der Waals surface area (Å²) in [5.41, 5.74) is -0.627. The van der Waals surface area contributed by atoms with Gasteiger partial charge in [0.1, 0.15) is 6.61 Å². The lowest BCUT2D eigenvalue weighted by molar-refractivity contribution is -0.441. The molecule has 1 fully saturated rings. The molecule has 382 valence electrons. The molecule has 3 heterocycles. The maximum atomic E-state index is 12.6. The van der Waals surface area contributed by atoms with Crippen LogP contribution in [0.2, 0.25) is 0 Å². The van der Waals surface area contributed by atoms with E-state index in [0.717, 1.165) is 0 Å². The van der Waals surface area contributed by atoms with Crippen LogP contribution in [0.15, 0.2) is 70.1 Å². The van der Waals surface area contributed by atoms with Crippen molar-refractivity contribution in [2.75, 3.05) is 43.3 Å². The van der Waals surface area contributed by atoms with Crippen molar-refractivity contribution in [3.63, 3.8) is 0 Å². The molecule has 0 bridgehead atoms. The number of methoxy groups -OCH3 is 1. The van der Waals surface area contributed by atoms with Crippen molar-refractivity contribution >= 4 is 76.3 Å². The monoisotopic (exact) mass is 1040 g/mol. The number of benzene rings is 2. The number of allylic oxidation sites excluding steroid dienone is 4. The maximum absolute atomic E-state index is 12.6. The van der Waals surface area contributed by atoms with Gasteiger partial charge in [0.05, 0.1) is 33.0 Å². The molecule has 3 atom stereocenters. The van der Waals surface area contributed by atoms with Crippen LogP contribution in [0.4, 0.5) is 11.4 Å². The summed E-state index contributed by atoms with van der Waals surface area (Å²) in [5.74, 6) is -2.65. The van der Waals surface area contributed by atoms with Gasteiger partial charge in [0.2, 0.25) is 5.69 Å². The number of ether oxygens (including phenoxy) is 2. The molecule has 2 aromatic rings. The zero-order valence-electron chi connectivity index (χ0n) is 39.7. The summed E-state index contributed by atoms with van der Waals surface area (Å²) in [7, 11) is -12.3. The van der Waals surface area contributed by atoms with Crippen LogP contribution in [0.3, 0.4) is 0 Å². The number of hydrogen-bond acceptors (Lipinski definition) is 14. The number of fused-ring (bicyclic) bond motifs is 2. The molecule has 2 amide bonds. The van der Waals surface area contributed by atoms with E-state index in [1.807, 2.05) is 36.3 Å². The second kappa shape index (κ2) is 21.2. The van der Waals surface area contributed by atoms with E-state index in [-0.39, 0.29) is 86.7 Å². The number of amides is 2. The number of hydrogen-bond donors (Lipinski definition) is 4. The predicted octanol–water partition coefficient (Wildman–Crippen LogP) is 5.42. The Labute approximate surface area is 406 Å². The molecule has 0 radical (unpaired) electrons. The Hall–Kier alpha value is -4.24. The molecule has 5 rings (SSSR count). The number of imide groups is 1. The van der Waals surface area contributed by atoms with Crippen LogP contribution in [0.5, 0.6) is 0 Å². The highest BCUT2D eigenvalue weighted by atomic mass is 32.2. The lowest BCUT2D eigenvalue weighted by Crippen LogP contribution is -2.45. The van der Waals surface area contributed by atoms with E-state index in [0.29, 0.717) is 45.4 Å². The van der Waals surface area contributed by atoms with Crippen LogP contribution < -0.4 is 4.90 Å². The third kappa shape index (κ3) is 13.2. The Morgan fingerprint density at radius 2 is 1.45 bits per heavy atom. The molecule has 20 nitrogen and oxygen atoms in total. The highest BCUT2D eigenvalue weighted by Gasteiger charge is 2.50. The van der Waals surface area contributed by atoms with Gasteiger partial charge in [0, 0.05) is 72.4 Å². The van der Waals surface area contributed by atoms with Crippen LogP contribution in [-0.4, -0.2) is 130 Å². The quantitative estimate of drug-likeness (QED) is 0.0442. The Balaban J connectivity index is 1.59. The van der Waals surface area contributed by atoms with E-state index >= 15 is 0 Å². The summed E-state index contributed by atoms with van der Waals surface area (Å²) in [5, 5.41) is 0.486. The summed E-state index contributed by atoms with van der Waals surface area (Å²) in [6, 6.07) is 8.35. The van der Waals surface area contributed by atoms with E-state index in [1.165, 1.54) is 37.4 Å². The molecule has 4 N–H and O–H groups in total. The lowest BCUT2D eigenvalue weighted by atomic mass is 9.75. The number of carbonyl (C=O) groups is 3. The topological polar surface area (TPSA) is 289 Å². The van der Waals surface area contributed by atoms with Crippen molar-refractivity contribution in [1.29, 1.82) is 0 Å². The number of anilines is 1. The van der Waals surface area contributed by atoms with Gasteiger partial charge in [-0.3, -0.25) is 23.2 Å². The highest BCUT2D eigenvalue weighted by Crippen LogP contribution is 2.54. The smallest absolute Gasteiger partial charge is 0.333 e. The minimum absolute atomic E-state index is 0.0390. The zero-order chi connectivity index (χ0) is 51.5. The van der Waals surface area contributed by atoms with Crippen molar-refractivity contribution in [3.05, 3.63) is 71.5 Å². The normalized spacial score (nSPS) is 21.2. The van der Waals surface area contributed by atoms with Gasteiger partial charge in [0.25, 0.3) is 42.2 Å². The third-order valence-corrected chi connectivity index (χ3v) is 16.1. The number of carbonyl (C=O) groups excluding carboxylic acids is 3. The molecule has 0 saturated carbocycles. The van der Waals surface area contributed by atoms with Gasteiger partial charge in [-0.05, 0) is 122 Å². The van der Waals surface area contributed by atoms with E-state index in [9.17, 15) is 62.1 Å². The molecular weight excluding hydrogens is 983 g/mol. The van der Waals surface area contributed by atoms with E-state index in [1.54, 1.807) is 39.0 Å². The van der Waals surface area contributed by atoms with Crippen LogP contribution in [0.25, 0.3) is 0 Å². The molecule has 0 aliphatic carbocycles. The third-order valence-electron chi connectivity index (χ3n) is 13.0. The molecule has 1 saturated heterocycles. The van der Waals surface area contributed by atoms with Crippen molar-refractivity contribution in [1.82, 2.24) is 5.06 Å². The van der Waals surface area contributed by atoms with Gasteiger partial charge < -0.3 is 23.8 Å². The maximum Gasteiger partial charge on any atom is 0.333 e. The Morgan fingerprint density at radius 3 is 2.03 bits per heavy atom.